The van der Waals surface area contributed by atoms with E-state index < -0.39 is 0 Å². The van der Waals surface area contributed by atoms with Gasteiger partial charge in [0, 0.05) is 11.7 Å². The third-order valence-electron chi connectivity index (χ3n) is 3.25. The van der Waals surface area contributed by atoms with E-state index in [1.807, 2.05) is 31.2 Å². The molecule has 4 N–H and O–H groups in total. The first kappa shape index (κ1) is 15.7. The Morgan fingerprint density at radius 2 is 1.90 bits per heavy atom. The van der Waals surface area contributed by atoms with E-state index in [1.54, 1.807) is 0 Å². The summed E-state index contributed by atoms with van der Waals surface area (Å²) >= 11 is 10.5. The van der Waals surface area contributed by atoms with Crippen LogP contribution in [0.5, 0.6) is 0 Å². The van der Waals surface area contributed by atoms with Gasteiger partial charge in [-0.3, -0.25) is 10.9 Å². The molecule has 0 heterocycles. The summed E-state index contributed by atoms with van der Waals surface area (Å²) in [5.41, 5.74) is 7.90. The molecule has 0 amide bonds. The van der Waals surface area contributed by atoms with Crippen molar-refractivity contribution in [2.45, 2.75) is 32.2 Å². The van der Waals surface area contributed by atoms with Crippen molar-refractivity contribution in [3.05, 3.63) is 42.0 Å². The first-order valence-electron chi connectivity index (χ1n) is 7.01. The number of nitrogens with one attached hydrogen (secondary N) is 4. The van der Waals surface area contributed by atoms with Crippen molar-refractivity contribution in [3.63, 3.8) is 0 Å². The minimum Gasteiger partial charge on any atom is -0.355 e. The largest absolute Gasteiger partial charge is 0.355 e. The molecule has 4 nitrogen and oxygen atoms in total. The summed E-state index contributed by atoms with van der Waals surface area (Å²) in [5, 5.41) is 7.38. The zero-order valence-electron chi connectivity index (χ0n) is 12.0. The van der Waals surface area contributed by atoms with E-state index in [9.17, 15) is 0 Å². The molecule has 0 radical (unpaired) electrons. The van der Waals surface area contributed by atoms with Crippen molar-refractivity contribution in [2.75, 3.05) is 5.32 Å². The second-order valence-electron chi connectivity index (χ2n) is 4.96. The Bertz CT molecular complexity index is 542. The van der Waals surface area contributed by atoms with Crippen LogP contribution >= 0.6 is 24.4 Å². The molecular formula is C15H20N4S2. The fourth-order valence-corrected chi connectivity index (χ4v) is 2.48. The van der Waals surface area contributed by atoms with E-state index in [0.29, 0.717) is 16.3 Å². The minimum absolute atomic E-state index is 0.304. The van der Waals surface area contributed by atoms with Crippen molar-refractivity contribution in [1.29, 1.82) is 0 Å². The molecule has 6 heteroatoms. The van der Waals surface area contributed by atoms with Crippen molar-refractivity contribution in [1.82, 2.24) is 16.2 Å². The molecule has 1 aliphatic rings. The van der Waals surface area contributed by atoms with Gasteiger partial charge in [-0.25, -0.2) is 0 Å². The van der Waals surface area contributed by atoms with Crippen LogP contribution in [-0.4, -0.2) is 16.3 Å². The standard InChI is InChI=1S/C15H20N4S2/c1-11-7-5-6-10-13(11)17-15(21)19-18-14(20)16-12-8-3-2-4-9-12/h3,5-8,10,12H,2,4,9H2,1H3,(H2,16,18,20)(H2,17,19,21). The van der Waals surface area contributed by atoms with Crippen LogP contribution in [0, 0.1) is 6.92 Å². The number of aryl methyl sites for hydroxylation is 1. The first-order valence-corrected chi connectivity index (χ1v) is 7.82. The Hall–Kier alpha value is -1.66. The molecule has 112 valence electrons. The van der Waals surface area contributed by atoms with E-state index in [0.717, 1.165) is 24.1 Å². The summed E-state index contributed by atoms with van der Waals surface area (Å²) in [7, 11) is 0. The summed E-state index contributed by atoms with van der Waals surface area (Å²) in [4.78, 5) is 0. The Morgan fingerprint density at radius 3 is 2.62 bits per heavy atom. The van der Waals surface area contributed by atoms with Crippen molar-refractivity contribution in [2.24, 2.45) is 0 Å². The third-order valence-corrected chi connectivity index (χ3v) is 3.68. The van der Waals surface area contributed by atoms with E-state index in [-0.39, 0.29) is 0 Å². The Labute approximate surface area is 136 Å². The molecule has 1 aliphatic carbocycles. The van der Waals surface area contributed by atoms with Gasteiger partial charge in [0.2, 0.25) is 0 Å². The average Bonchev–Trinajstić information content (AvgIpc) is 2.49. The van der Waals surface area contributed by atoms with Crippen LogP contribution < -0.4 is 21.5 Å². The molecule has 0 aliphatic heterocycles. The molecule has 0 saturated carbocycles. The molecule has 1 atom stereocenters. The van der Waals surface area contributed by atoms with Crippen molar-refractivity contribution >= 4 is 40.3 Å². The number of hydrogen-bond donors (Lipinski definition) is 4. The Balaban J connectivity index is 1.73. The van der Waals surface area contributed by atoms with Gasteiger partial charge in [-0.15, -0.1) is 0 Å². The van der Waals surface area contributed by atoms with Gasteiger partial charge in [-0.2, -0.15) is 0 Å². The molecule has 0 fully saturated rings. The van der Waals surface area contributed by atoms with Crippen molar-refractivity contribution in [3.8, 4) is 0 Å². The van der Waals surface area contributed by atoms with E-state index in [4.69, 9.17) is 24.4 Å². The summed E-state index contributed by atoms with van der Waals surface area (Å²) in [6.45, 7) is 2.03. The molecule has 21 heavy (non-hydrogen) atoms. The predicted molar refractivity (Wildman–Crippen MR) is 96.2 cm³/mol. The van der Waals surface area contributed by atoms with Gasteiger partial charge in [-0.1, -0.05) is 30.4 Å². The SMILES string of the molecule is Cc1ccccc1NC(=S)NNC(=S)NC1C=CCCC1. The van der Waals surface area contributed by atoms with E-state index >= 15 is 0 Å². The molecule has 1 aromatic carbocycles. The highest BCUT2D eigenvalue weighted by Crippen LogP contribution is 2.12. The number of allylic oxidation sites excluding steroid dienone is 1. The zero-order valence-corrected chi connectivity index (χ0v) is 13.6. The topological polar surface area (TPSA) is 48.1 Å². The molecule has 2 rings (SSSR count). The lowest BCUT2D eigenvalue weighted by Crippen LogP contribution is -2.50. The molecule has 1 aromatic rings. The van der Waals surface area contributed by atoms with E-state index in [2.05, 4.69) is 33.6 Å². The van der Waals surface area contributed by atoms with Gasteiger partial charge < -0.3 is 10.6 Å². The fraction of sp³-hybridized carbons (Fsp3) is 0.333. The van der Waals surface area contributed by atoms with Gasteiger partial charge in [0.1, 0.15) is 0 Å². The van der Waals surface area contributed by atoms with Crippen LogP contribution in [0.2, 0.25) is 0 Å². The molecule has 1 unspecified atom stereocenters. The summed E-state index contributed by atoms with van der Waals surface area (Å²) in [6, 6.07) is 8.27. The number of para-hydroxylation sites is 1. The molecule has 0 bridgehead atoms. The second kappa shape index (κ2) is 7.95. The minimum atomic E-state index is 0.304. The van der Waals surface area contributed by atoms with Crippen LogP contribution in [-0.2, 0) is 0 Å². The number of thiocarbonyl (C=S) groups is 2. The lowest BCUT2D eigenvalue weighted by molar-refractivity contribution is 0.593. The summed E-state index contributed by atoms with van der Waals surface area (Å²) in [6.07, 6.45) is 7.78. The van der Waals surface area contributed by atoms with Crippen LogP contribution in [0.25, 0.3) is 0 Å². The maximum atomic E-state index is 5.24. The lowest BCUT2D eigenvalue weighted by atomic mass is 10.0. The van der Waals surface area contributed by atoms with Gasteiger partial charge in [-0.05, 0) is 62.3 Å². The number of benzene rings is 1. The average molecular weight is 320 g/mol. The second-order valence-corrected chi connectivity index (χ2v) is 5.77. The molecule has 0 aromatic heterocycles. The monoisotopic (exact) mass is 320 g/mol. The number of rotatable bonds is 2. The van der Waals surface area contributed by atoms with Crippen LogP contribution in [0.4, 0.5) is 5.69 Å². The quantitative estimate of drug-likeness (QED) is 0.382. The third kappa shape index (κ3) is 5.32. The Morgan fingerprint density at radius 1 is 1.14 bits per heavy atom. The Kier molecular flexibility index (Phi) is 5.95. The summed E-state index contributed by atoms with van der Waals surface area (Å²) in [5.74, 6) is 0. The number of anilines is 1. The zero-order chi connectivity index (χ0) is 15.1. The first-order chi connectivity index (χ1) is 10.1. The van der Waals surface area contributed by atoms with E-state index in [1.165, 1.54) is 6.42 Å². The highest BCUT2D eigenvalue weighted by atomic mass is 32.1. The lowest BCUT2D eigenvalue weighted by Gasteiger charge is -2.21. The highest BCUT2D eigenvalue weighted by molar-refractivity contribution is 7.80. The fourth-order valence-electron chi connectivity index (χ4n) is 2.12. The number of hydrazine groups is 1. The highest BCUT2D eigenvalue weighted by Gasteiger charge is 2.09. The number of hydrogen-bond acceptors (Lipinski definition) is 2. The van der Waals surface area contributed by atoms with Crippen LogP contribution in [0.3, 0.4) is 0 Å². The maximum absolute atomic E-state index is 5.24. The predicted octanol–water partition coefficient (Wildman–Crippen LogP) is 2.77. The molecule has 0 saturated heterocycles. The normalized spacial score (nSPS) is 16.9. The summed E-state index contributed by atoms with van der Waals surface area (Å²) < 4.78 is 0. The van der Waals surface area contributed by atoms with Crippen molar-refractivity contribution < 1.29 is 0 Å². The van der Waals surface area contributed by atoms with Gasteiger partial charge in [0.05, 0.1) is 0 Å². The molecule has 0 spiro atoms. The molecular weight excluding hydrogens is 300 g/mol. The van der Waals surface area contributed by atoms with Gasteiger partial charge in [0.15, 0.2) is 10.2 Å². The maximum Gasteiger partial charge on any atom is 0.189 e. The van der Waals surface area contributed by atoms with Crippen LogP contribution in [0.1, 0.15) is 24.8 Å². The smallest absolute Gasteiger partial charge is 0.189 e. The van der Waals surface area contributed by atoms with Crippen LogP contribution in [0.15, 0.2) is 36.4 Å². The van der Waals surface area contributed by atoms with Gasteiger partial charge in [0.25, 0.3) is 0 Å². The van der Waals surface area contributed by atoms with Gasteiger partial charge >= 0.3 is 0 Å².